The van der Waals surface area contributed by atoms with Crippen LogP contribution < -0.4 is 0 Å². The first-order valence-electron chi connectivity index (χ1n) is 4.78. The van der Waals surface area contributed by atoms with Gasteiger partial charge in [-0.3, -0.25) is 5.06 Å². The second-order valence-electron chi connectivity index (χ2n) is 5.18. The molecule has 0 bridgehead atoms. The van der Waals surface area contributed by atoms with E-state index in [1.54, 1.807) is 0 Å². The third-order valence-corrected chi connectivity index (χ3v) is 2.06. The van der Waals surface area contributed by atoms with E-state index in [1.807, 2.05) is 24.3 Å². The lowest BCUT2D eigenvalue weighted by Crippen LogP contribution is -2.44. The molecular weight excluding hydrogens is 178 g/mol. The summed E-state index contributed by atoms with van der Waals surface area (Å²) in [6.07, 6.45) is 4.00. The molecule has 0 unspecified atom stereocenters. The number of rotatable bonds is 3. The van der Waals surface area contributed by atoms with Crippen LogP contribution in [-0.2, 0) is 4.53 Å². The van der Waals surface area contributed by atoms with Crippen molar-refractivity contribution in [3.63, 3.8) is 0 Å². The molecule has 0 aliphatic rings. The van der Waals surface area contributed by atoms with Crippen LogP contribution >= 0.6 is 0 Å². The Morgan fingerprint density at radius 1 is 1.15 bits per heavy atom. The third kappa shape index (κ3) is 5.88. The van der Waals surface area contributed by atoms with Crippen LogP contribution in [0.15, 0.2) is 12.3 Å². The zero-order valence-corrected chi connectivity index (χ0v) is 11.0. The number of hydrogen-bond acceptors (Lipinski definition) is 2. The van der Waals surface area contributed by atoms with Crippen molar-refractivity contribution >= 4 is 8.32 Å². The van der Waals surface area contributed by atoms with E-state index in [4.69, 9.17) is 4.53 Å². The Morgan fingerprint density at radius 3 is 1.85 bits per heavy atom. The van der Waals surface area contributed by atoms with Gasteiger partial charge in [0.15, 0.2) is 0 Å². The Balaban J connectivity index is 4.46. The lowest BCUT2D eigenvalue weighted by molar-refractivity contribution is -0.0884. The van der Waals surface area contributed by atoms with Gasteiger partial charge in [0, 0.05) is 6.20 Å². The molecule has 0 spiro atoms. The number of hydrogen-bond donors (Lipinski definition) is 0. The predicted molar refractivity (Wildman–Crippen MR) is 60.8 cm³/mol. The minimum Gasteiger partial charge on any atom is -0.320 e. The summed E-state index contributed by atoms with van der Waals surface area (Å²) in [7, 11) is -1.49. The Morgan fingerprint density at radius 2 is 1.62 bits per heavy atom. The van der Waals surface area contributed by atoms with E-state index < -0.39 is 8.32 Å². The highest BCUT2D eigenvalue weighted by molar-refractivity contribution is 6.69. The van der Waals surface area contributed by atoms with Gasteiger partial charge in [0.25, 0.3) is 0 Å². The van der Waals surface area contributed by atoms with Crippen molar-refractivity contribution in [2.75, 3.05) is 0 Å². The van der Waals surface area contributed by atoms with Crippen LogP contribution in [0.3, 0.4) is 0 Å². The third-order valence-electron chi connectivity index (χ3n) is 1.32. The summed E-state index contributed by atoms with van der Waals surface area (Å²) in [6.45, 7) is 15.0. The van der Waals surface area contributed by atoms with Crippen LogP contribution in [0.1, 0.15) is 27.7 Å². The molecule has 0 aromatic heterocycles. The van der Waals surface area contributed by atoms with Gasteiger partial charge in [-0.25, -0.2) is 0 Å². The molecule has 3 heteroatoms. The lowest BCUT2D eigenvalue weighted by atomic mass is 10.1. The lowest BCUT2D eigenvalue weighted by Gasteiger charge is -2.38. The maximum Gasteiger partial charge on any atom is 0.220 e. The van der Waals surface area contributed by atoms with E-state index in [9.17, 15) is 0 Å². The number of hydroxylamine groups is 2. The highest BCUT2D eigenvalue weighted by Gasteiger charge is 2.25. The Labute approximate surface area is 83.7 Å². The van der Waals surface area contributed by atoms with E-state index >= 15 is 0 Å². The van der Waals surface area contributed by atoms with E-state index in [2.05, 4.69) is 40.4 Å². The predicted octanol–water partition coefficient (Wildman–Crippen LogP) is 3.39. The molecule has 0 aromatic rings. The van der Waals surface area contributed by atoms with Crippen molar-refractivity contribution in [2.24, 2.45) is 0 Å². The average Bonchev–Trinajstić information content (AvgIpc) is 1.81. The highest BCUT2D eigenvalue weighted by atomic mass is 28.4. The molecule has 2 nitrogen and oxygen atoms in total. The normalized spacial score (nSPS) is 13.8. The quantitative estimate of drug-likeness (QED) is 0.512. The maximum atomic E-state index is 5.93. The fourth-order valence-electron chi connectivity index (χ4n) is 0.821. The minimum absolute atomic E-state index is 0.0345. The molecule has 0 N–H and O–H groups in total. The molecule has 0 heterocycles. The first kappa shape index (κ1) is 12.7. The molecule has 0 rings (SSSR count). The van der Waals surface area contributed by atoms with Crippen molar-refractivity contribution in [1.29, 1.82) is 0 Å². The smallest absolute Gasteiger partial charge is 0.220 e. The Hall–Kier alpha value is -0.283. The minimum atomic E-state index is -1.49. The standard InChI is InChI=1S/C10H23NOSi/c1-8-9-11(10(2,3)4)12-13(5,6)7/h8-9H,1-7H3/b9-8+. The topological polar surface area (TPSA) is 12.5 Å². The summed E-state index contributed by atoms with van der Waals surface area (Å²) in [5.74, 6) is 0. The summed E-state index contributed by atoms with van der Waals surface area (Å²) >= 11 is 0. The summed E-state index contributed by atoms with van der Waals surface area (Å²) in [4.78, 5) is 0. The van der Waals surface area contributed by atoms with Crippen molar-refractivity contribution in [3.8, 4) is 0 Å². The largest absolute Gasteiger partial charge is 0.320 e. The van der Waals surface area contributed by atoms with Gasteiger partial charge in [0.05, 0.1) is 5.54 Å². The van der Waals surface area contributed by atoms with Gasteiger partial charge in [-0.2, -0.15) is 0 Å². The first-order chi connectivity index (χ1) is 5.67. The van der Waals surface area contributed by atoms with E-state index in [0.717, 1.165) is 0 Å². The molecule has 0 aliphatic heterocycles. The molecule has 0 fully saturated rings. The Bertz CT molecular complexity index is 176. The van der Waals surface area contributed by atoms with Gasteiger partial charge in [-0.05, 0) is 47.3 Å². The SMILES string of the molecule is C/C=C/N(O[Si](C)(C)C)C(C)(C)C. The van der Waals surface area contributed by atoms with Gasteiger partial charge in [-0.15, -0.1) is 0 Å². The van der Waals surface area contributed by atoms with Crippen molar-refractivity contribution in [3.05, 3.63) is 12.3 Å². The summed E-state index contributed by atoms with van der Waals surface area (Å²) in [6, 6.07) is 0. The van der Waals surface area contributed by atoms with Gasteiger partial charge in [-0.1, -0.05) is 6.08 Å². The highest BCUT2D eigenvalue weighted by Crippen LogP contribution is 2.18. The van der Waals surface area contributed by atoms with Crippen LogP contribution in [0.4, 0.5) is 0 Å². The van der Waals surface area contributed by atoms with Gasteiger partial charge < -0.3 is 4.53 Å². The number of nitrogens with zero attached hydrogens (tertiary/aromatic N) is 1. The second-order valence-corrected chi connectivity index (χ2v) is 9.59. The first-order valence-corrected chi connectivity index (χ1v) is 8.19. The number of allylic oxidation sites excluding steroid dienone is 1. The van der Waals surface area contributed by atoms with Crippen LogP contribution in [-0.4, -0.2) is 18.9 Å². The molecule has 0 saturated carbocycles. The zero-order valence-electron chi connectivity index (χ0n) is 10.0. The van der Waals surface area contributed by atoms with Gasteiger partial charge >= 0.3 is 0 Å². The summed E-state index contributed by atoms with van der Waals surface area (Å²) < 4.78 is 5.93. The molecule has 0 amide bonds. The molecule has 0 aromatic carbocycles. The fourth-order valence-corrected chi connectivity index (χ4v) is 1.75. The second kappa shape index (κ2) is 4.29. The van der Waals surface area contributed by atoms with Crippen LogP contribution in [0.2, 0.25) is 19.6 Å². The van der Waals surface area contributed by atoms with Crippen LogP contribution in [0.25, 0.3) is 0 Å². The molecule has 13 heavy (non-hydrogen) atoms. The molecule has 78 valence electrons. The average molecular weight is 201 g/mol. The molecule has 0 radical (unpaired) electrons. The van der Waals surface area contributed by atoms with Crippen molar-refractivity contribution < 1.29 is 4.53 Å². The van der Waals surface area contributed by atoms with Crippen LogP contribution in [0.5, 0.6) is 0 Å². The van der Waals surface area contributed by atoms with Gasteiger partial charge in [0.2, 0.25) is 8.32 Å². The van der Waals surface area contributed by atoms with Crippen molar-refractivity contribution in [1.82, 2.24) is 5.06 Å². The van der Waals surface area contributed by atoms with Crippen LogP contribution in [0, 0.1) is 0 Å². The molecule has 0 aliphatic carbocycles. The van der Waals surface area contributed by atoms with Gasteiger partial charge in [0.1, 0.15) is 0 Å². The Kier molecular flexibility index (Phi) is 4.19. The summed E-state index contributed by atoms with van der Waals surface area (Å²) in [5, 5.41) is 1.96. The van der Waals surface area contributed by atoms with Crippen molar-refractivity contribution in [2.45, 2.75) is 52.9 Å². The monoisotopic (exact) mass is 201 g/mol. The fraction of sp³-hybridized carbons (Fsp3) is 0.800. The molecule has 0 atom stereocenters. The summed E-state index contributed by atoms with van der Waals surface area (Å²) in [5.41, 5.74) is 0.0345. The van der Waals surface area contributed by atoms with E-state index in [0.29, 0.717) is 0 Å². The molecule has 0 saturated heterocycles. The zero-order chi connectivity index (χ0) is 10.7. The maximum absolute atomic E-state index is 5.93. The van der Waals surface area contributed by atoms with E-state index in [-0.39, 0.29) is 5.54 Å². The molecular formula is C10H23NOSi. The van der Waals surface area contributed by atoms with E-state index in [1.165, 1.54) is 0 Å².